The molecule has 0 bridgehead atoms. The molecule has 1 aromatic carbocycles. The Morgan fingerprint density at radius 2 is 1.95 bits per heavy atom. The van der Waals surface area contributed by atoms with Gasteiger partial charge in [-0.1, -0.05) is 5.23 Å². The maximum absolute atomic E-state index is 11.0. The number of aryl methyl sites for hydroxylation is 1. The van der Waals surface area contributed by atoms with Crippen LogP contribution in [-0.2, 0) is 14.4 Å². The summed E-state index contributed by atoms with van der Waals surface area (Å²) in [6.07, 6.45) is 0. The monoisotopic (exact) mass is 331 g/mol. The lowest BCUT2D eigenvalue weighted by Gasteiger charge is -2.09. The average Bonchev–Trinajstić information content (AvgIpc) is 2.77. The van der Waals surface area contributed by atoms with Crippen LogP contribution in [-0.4, -0.2) is 40.2 Å². The third-order valence-corrected chi connectivity index (χ3v) is 4.03. The Morgan fingerprint density at radius 3 is 2.48 bits per heavy atom. The molecule has 2 N–H and O–H groups in total. The second kappa shape index (κ2) is 6.13. The molecule has 0 aliphatic rings. The Labute approximate surface area is 125 Å². The highest BCUT2D eigenvalue weighted by molar-refractivity contribution is 7.94. The van der Waals surface area contributed by atoms with E-state index in [0.29, 0.717) is 15.9 Å². The molecule has 0 aliphatic heterocycles. The molecule has 114 valence electrons. The van der Waals surface area contributed by atoms with Crippen molar-refractivity contribution in [2.24, 2.45) is 0 Å². The number of rotatable bonds is 5. The van der Waals surface area contributed by atoms with Crippen molar-refractivity contribution in [1.82, 2.24) is 15.0 Å². The van der Waals surface area contributed by atoms with Gasteiger partial charge in [0.1, 0.15) is 5.03 Å². The van der Waals surface area contributed by atoms with Gasteiger partial charge in [0.2, 0.25) is 0 Å². The van der Waals surface area contributed by atoms with E-state index in [4.69, 9.17) is 14.0 Å². The lowest BCUT2D eigenvalue weighted by molar-refractivity contribution is -0.252. The van der Waals surface area contributed by atoms with Gasteiger partial charge in [0, 0.05) is 7.05 Å². The molecule has 0 atom stereocenters. The van der Waals surface area contributed by atoms with Gasteiger partial charge in [0.25, 0.3) is 10.1 Å². The van der Waals surface area contributed by atoms with Gasteiger partial charge in [0.05, 0.1) is 28.3 Å². The summed E-state index contributed by atoms with van der Waals surface area (Å²) in [6.45, 7) is 1.79. The Kier molecular flexibility index (Phi) is 4.66. The van der Waals surface area contributed by atoms with Crippen molar-refractivity contribution in [2.75, 3.05) is 7.05 Å². The minimum absolute atomic E-state index is 0.198. The molecule has 0 saturated carbocycles. The summed E-state index contributed by atoms with van der Waals surface area (Å²) in [5.74, 6) is 0. The number of aromatic nitrogens is 2. The number of hydrogen-bond donors (Lipinski definition) is 2. The molecule has 0 radical (unpaired) electrons. The van der Waals surface area contributed by atoms with Crippen LogP contribution in [0.15, 0.2) is 40.3 Å². The molecule has 0 unspecified atom stereocenters. The summed E-state index contributed by atoms with van der Waals surface area (Å²) in [5, 5.41) is 14.4. The highest BCUT2D eigenvalue weighted by atomic mass is 32.2. The highest BCUT2D eigenvalue weighted by Crippen LogP contribution is 2.24. The van der Waals surface area contributed by atoms with Gasteiger partial charge in [0.15, 0.2) is 0 Å². The summed E-state index contributed by atoms with van der Waals surface area (Å²) in [5.41, 5.74) is 1.31. The molecule has 0 fully saturated rings. The van der Waals surface area contributed by atoms with E-state index in [0.717, 1.165) is 17.7 Å². The van der Waals surface area contributed by atoms with Crippen LogP contribution >= 0.6 is 12.0 Å². The van der Waals surface area contributed by atoms with Gasteiger partial charge in [-0.05, 0) is 37.3 Å². The first-order valence-electron chi connectivity index (χ1n) is 5.69. The van der Waals surface area contributed by atoms with Crippen LogP contribution in [0.5, 0.6) is 0 Å². The molecule has 0 saturated heterocycles. The van der Waals surface area contributed by atoms with Crippen LogP contribution in [0.25, 0.3) is 5.69 Å². The predicted octanol–water partition coefficient (Wildman–Crippen LogP) is 1.69. The zero-order valence-corrected chi connectivity index (χ0v) is 12.8. The van der Waals surface area contributed by atoms with E-state index in [1.54, 1.807) is 13.0 Å². The molecule has 2 rings (SSSR count). The molecule has 21 heavy (non-hydrogen) atoms. The summed E-state index contributed by atoms with van der Waals surface area (Å²) in [7, 11) is -2.91. The number of nitrogens with zero attached hydrogens (tertiary/aromatic N) is 3. The summed E-state index contributed by atoms with van der Waals surface area (Å²) in [4.78, 5) is -0.198. The minimum atomic E-state index is -4.23. The van der Waals surface area contributed by atoms with E-state index in [9.17, 15) is 8.42 Å². The Bertz CT molecular complexity index is 725. The third-order valence-electron chi connectivity index (χ3n) is 2.41. The third kappa shape index (κ3) is 4.03. The summed E-state index contributed by atoms with van der Waals surface area (Å²) in [6, 6.07) is 7.29. The molecule has 1 heterocycles. The fraction of sp³-hybridized carbons (Fsp3) is 0.182. The second-order valence-corrected chi connectivity index (χ2v) is 6.28. The van der Waals surface area contributed by atoms with Crippen LogP contribution in [0.1, 0.15) is 5.69 Å². The van der Waals surface area contributed by atoms with Crippen LogP contribution in [0, 0.1) is 6.92 Å². The second-order valence-electron chi connectivity index (χ2n) is 4.13. The molecule has 10 heteroatoms. The van der Waals surface area contributed by atoms with Crippen molar-refractivity contribution in [3.63, 3.8) is 0 Å². The number of hydrogen-bond acceptors (Lipinski definition) is 7. The summed E-state index contributed by atoms with van der Waals surface area (Å²) < 4.78 is 37.4. The summed E-state index contributed by atoms with van der Waals surface area (Å²) >= 11 is 0.889. The largest absolute Gasteiger partial charge is 0.294 e. The normalized spacial score (nSPS) is 12.0. The first kappa shape index (κ1) is 15.9. The maximum atomic E-state index is 11.0. The van der Waals surface area contributed by atoms with Crippen molar-refractivity contribution in [3.8, 4) is 5.69 Å². The molecule has 0 aliphatic carbocycles. The quantitative estimate of drug-likeness (QED) is 0.484. The van der Waals surface area contributed by atoms with E-state index in [-0.39, 0.29) is 4.90 Å². The fourth-order valence-electron chi connectivity index (χ4n) is 1.57. The van der Waals surface area contributed by atoms with Crippen LogP contribution in [0.3, 0.4) is 0 Å². The molecular weight excluding hydrogens is 318 g/mol. The van der Waals surface area contributed by atoms with Crippen molar-refractivity contribution < 1.29 is 22.5 Å². The molecule has 8 nitrogen and oxygen atoms in total. The van der Waals surface area contributed by atoms with Crippen molar-refractivity contribution in [3.05, 3.63) is 36.0 Å². The molecule has 0 spiro atoms. The predicted molar refractivity (Wildman–Crippen MR) is 74.6 cm³/mol. The van der Waals surface area contributed by atoms with Crippen LogP contribution in [0.4, 0.5) is 0 Å². The number of hydroxylamine groups is 2. The van der Waals surface area contributed by atoms with Gasteiger partial charge in [-0.2, -0.15) is 17.8 Å². The maximum Gasteiger partial charge on any atom is 0.294 e. The van der Waals surface area contributed by atoms with E-state index in [1.807, 2.05) is 0 Å². The van der Waals surface area contributed by atoms with Crippen molar-refractivity contribution in [1.29, 1.82) is 0 Å². The first-order chi connectivity index (χ1) is 9.77. The first-order valence-corrected chi connectivity index (χ1v) is 7.87. The highest BCUT2D eigenvalue weighted by Gasteiger charge is 2.13. The molecule has 1 aromatic heterocycles. The van der Waals surface area contributed by atoms with E-state index >= 15 is 0 Å². The van der Waals surface area contributed by atoms with Crippen LogP contribution < -0.4 is 0 Å². The zero-order valence-electron chi connectivity index (χ0n) is 11.2. The van der Waals surface area contributed by atoms with Gasteiger partial charge in [-0.3, -0.25) is 9.76 Å². The topological polar surface area (TPSA) is 105 Å². The number of benzene rings is 1. The van der Waals surface area contributed by atoms with E-state index in [2.05, 4.69) is 5.10 Å². The van der Waals surface area contributed by atoms with Crippen molar-refractivity contribution >= 4 is 22.2 Å². The fourth-order valence-corrected chi connectivity index (χ4v) is 2.67. The Morgan fingerprint density at radius 1 is 1.33 bits per heavy atom. The van der Waals surface area contributed by atoms with E-state index < -0.39 is 10.1 Å². The zero-order chi connectivity index (χ0) is 15.6. The standard InChI is InChI=1S/C11H13N3O5S2/c1-8-7-11(20-19-13(2)15)14(12-8)9-3-5-10(6-4-9)21(16,17)18/h3-7,15H,1-2H3,(H,16,17,18). The van der Waals surface area contributed by atoms with E-state index in [1.165, 1.54) is 36.0 Å². The van der Waals surface area contributed by atoms with Gasteiger partial charge in [-0.15, -0.1) is 0 Å². The Hall–Kier alpha value is -1.43. The molecular formula is C11H13N3O5S2. The smallest absolute Gasteiger partial charge is 0.289 e. The van der Waals surface area contributed by atoms with Crippen LogP contribution in [0.2, 0.25) is 0 Å². The Balaban J connectivity index is 2.33. The lowest BCUT2D eigenvalue weighted by atomic mass is 10.3. The van der Waals surface area contributed by atoms with Crippen molar-refractivity contribution in [2.45, 2.75) is 16.8 Å². The van der Waals surface area contributed by atoms with Gasteiger partial charge >= 0.3 is 0 Å². The average molecular weight is 331 g/mol. The molecule has 0 amide bonds. The van der Waals surface area contributed by atoms with Gasteiger partial charge in [-0.25, -0.2) is 4.68 Å². The van der Waals surface area contributed by atoms with Gasteiger partial charge < -0.3 is 0 Å². The SMILES string of the molecule is Cc1cc(SON(C)O)n(-c2ccc(S(=O)(=O)O)cc2)n1. The molecule has 2 aromatic rings. The minimum Gasteiger partial charge on any atom is -0.289 e. The lowest BCUT2D eigenvalue weighted by Crippen LogP contribution is -2.09.